The molecule has 2 heterocycles. The number of nitrogens with one attached hydrogen (secondary N) is 1. The highest BCUT2D eigenvalue weighted by Crippen LogP contribution is 2.22. The highest BCUT2D eigenvalue weighted by atomic mass is 15.0. The van der Waals surface area contributed by atoms with E-state index in [0.29, 0.717) is 5.82 Å². The van der Waals surface area contributed by atoms with Crippen molar-refractivity contribution in [1.82, 2.24) is 19.9 Å². The standard InChI is InChI=1S/C14H15N5/c1-14(2,15)13-16-6-5-10(19-13)9-3-4-11-12(7-9)18-8-17-11/h3-8H,15H2,1-2H3,(H,17,18). The first kappa shape index (κ1) is 11.8. The van der Waals surface area contributed by atoms with E-state index < -0.39 is 5.54 Å². The maximum Gasteiger partial charge on any atom is 0.148 e. The molecule has 0 atom stereocenters. The average Bonchev–Trinajstić information content (AvgIpc) is 2.85. The van der Waals surface area contributed by atoms with Crippen molar-refractivity contribution < 1.29 is 0 Å². The smallest absolute Gasteiger partial charge is 0.148 e. The molecule has 96 valence electrons. The second-order valence-electron chi connectivity index (χ2n) is 5.12. The molecule has 0 unspecified atom stereocenters. The Kier molecular flexibility index (Phi) is 2.57. The van der Waals surface area contributed by atoms with Gasteiger partial charge in [0.15, 0.2) is 0 Å². The van der Waals surface area contributed by atoms with Crippen molar-refractivity contribution in [3.05, 3.63) is 42.6 Å². The van der Waals surface area contributed by atoms with Crippen molar-refractivity contribution in [2.45, 2.75) is 19.4 Å². The third-order valence-corrected chi connectivity index (χ3v) is 2.95. The number of hydrogen-bond acceptors (Lipinski definition) is 4. The fraction of sp³-hybridized carbons (Fsp3) is 0.214. The van der Waals surface area contributed by atoms with E-state index in [9.17, 15) is 0 Å². The minimum Gasteiger partial charge on any atom is -0.345 e. The summed E-state index contributed by atoms with van der Waals surface area (Å²) in [5.74, 6) is 0.634. The van der Waals surface area contributed by atoms with Gasteiger partial charge in [-0.1, -0.05) is 6.07 Å². The summed E-state index contributed by atoms with van der Waals surface area (Å²) in [6.07, 6.45) is 3.42. The van der Waals surface area contributed by atoms with Crippen LogP contribution in [0.1, 0.15) is 19.7 Å². The zero-order valence-electron chi connectivity index (χ0n) is 10.9. The molecule has 0 aliphatic rings. The van der Waals surface area contributed by atoms with Gasteiger partial charge in [0.2, 0.25) is 0 Å². The zero-order chi connectivity index (χ0) is 13.5. The molecule has 0 amide bonds. The maximum atomic E-state index is 6.04. The Labute approximate surface area is 110 Å². The van der Waals surface area contributed by atoms with Gasteiger partial charge in [-0.05, 0) is 32.0 Å². The number of aromatic amines is 1. The van der Waals surface area contributed by atoms with Crippen LogP contribution in [-0.2, 0) is 5.54 Å². The summed E-state index contributed by atoms with van der Waals surface area (Å²) >= 11 is 0. The highest BCUT2D eigenvalue weighted by Gasteiger charge is 2.18. The van der Waals surface area contributed by atoms with Gasteiger partial charge < -0.3 is 10.7 Å². The lowest BCUT2D eigenvalue weighted by Gasteiger charge is -2.16. The monoisotopic (exact) mass is 253 g/mol. The molecule has 0 aliphatic heterocycles. The number of nitrogens with two attached hydrogens (primary N) is 1. The van der Waals surface area contributed by atoms with E-state index >= 15 is 0 Å². The van der Waals surface area contributed by atoms with Crippen LogP contribution in [0.4, 0.5) is 0 Å². The van der Waals surface area contributed by atoms with Gasteiger partial charge in [-0.2, -0.15) is 0 Å². The van der Waals surface area contributed by atoms with Gasteiger partial charge >= 0.3 is 0 Å². The molecule has 0 spiro atoms. The number of imidazole rings is 1. The fourth-order valence-electron chi connectivity index (χ4n) is 1.92. The summed E-state index contributed by atoms with van der Waals surface area (Å²) in [5.41, 5.74) is 9.30. The van der Waals surface area contributed by atoms with Gasteiger partial charge in [0.1, 0.15) is 5.82 Å². The Morgan fingerprint density at radius 2 is 2.00 bits per heavy atom. The van der Waals surface area contributed by atoms with Crippen molar-refractivity contribution in [3.63, 3.8) is 0 Å². The molecule has 0 aliphatic carbocycles. The second-order valence-corrected chi connectivity index (χ2v) is 5.12. The molecule has 3 aromatic rings. The van der Waals surface area contributed by atoms with Crippen LogP contribution in [0.3, 0.4) is 0 Å². The van der Waals surface area contributed by atoms with E-state index in [4.69, 9.17) is 5.73 Å². The second kappa shape index (κ2) is 4.13. The molecule has 0 radical (unpaired) electrons. The van der Waals surface area contributed by atoms with Gasteiger partial charge in [-0.15, -0.1) is 0 Å². The van der Waals surface area contributed by atoms with Gasteiger partial charge in [-0.3, -0.25) is 0 Å². The van der Waals surface area contributed by atoms with Gasteiger partial charge in [0, 0.05) is 11.8 Å². The molecule has 5 heteroatoms. The lowest BCUT2D eigenvalue weighted by molar-refractivity contribution is 0.514. The van der Waals surface area contributed by atoms with E-state index in [-0.39, 0.29) is 0 Å². The van der Waals surface area contributed by atoms with Crippen LogP contribution >= 0.6 is 0 Å². The predicted molar refractivity (Wildman–Crippen MR) is 74.3 cm³/mol. The average molecular weight is 253 g/mol. The van der Waals surface area contributed by atoms with Crippen molar-refractivity contribution in [1.29, 1.82) is 0 Å². The molecule has 3 N–H and O–H groups in total. The quantitative estimate of drug-likeness (QED) is 0.733. The maximum absolute atomic E-state index is 6.04. The Bertz CT molecular complexity index is 724. The van der Waals surface area contributed by atoms with Crippen LogP contribution in [0.15, 0.2) is 36.8 Å². The molecule has 0 bridgehead atoms. The Balaban J connectivity index is 2.10. The Hall–Kier alpha value is -2.27. The molecule has 0 saturated heterocycles. The Morgan fingerprint density at radius 1 is 1.16 bits per heavy atom. The van der Waals surface area contributed by atoms with E-state index in [2.05, 4.69) is 19.9 Å². The van der Waals surface area contributed by atoms with E-state index in [1.807, 2.05) is 38.1 Å². The van der Waals surface area contributed by atoms with Gasteiger partial charge in [-0.25, -0.2) is 15.0 Å². The minimum absolute atomic E-state index is 0.548. The SMILES string of the molecule is CC(C)(N)c1nccc(-c2ccc3nc[nH]c3c2)n1. The number of fused-ring (bicyclic) bond motifs is 1. The number of hydrogen-bond donors (Lipinski definition) is 2. The van der Waals surface area contributed by atoms with Crippen LogP contribution in [0.5, 0.6) is 0 Å². The summed E-state index contributed by atoms with van der Waals surface area (Å²) in [5, 5.41) is 0. The normalized spacial score (nSPS) is 11.9. The molecule has 0 fully saturated rings. The van der Waals surface area contributed by atoms with Crippen LogP contribution in [-0.4, -0.2) is 19.9 Å². The van der Waals surface area contributed by atoms with Crippen LogP contribution < -0.4 is 5.73 Å². The number of H-pyrrole nitrogens is 1. The summed E-state index contributed by atoms with van der Waals surface area (Å²) < 4.78 is 0. The highest BCUT2D eigenvalue weighted by molar-refractivity contribution is 5.80. The van der Waals surface area contributed by atoms with E-state index in [1.165, 1.54) is 0 Å². The molecule has 1 aromatic carbocycles. The summed E-state index contributed by atoms with van der Waals surface area (Å²) in [4.78, 5) is 16.1. The molecular weight excluding hydrogens is 238 g/mol. The summed E-state index contributed by atoms with van der Waals surface area (Å²) in [7, 11) is 0. The molecule has 0 saturated carbocycles. The van der Waals surface area contributed by atoms with E-state index in [0.717, 1.165) is 22.3 Å². The largest absolute Gasteiger partial charge is 0.345 e. The van der Waals surface area contributed by atoms with Crippen molar-refractivity contribution in [2.24, 2.45) is 5.73 Å². The number of rotatable bonds is 2. The first-order chi connectivity index (χ1) is 9.04. The first-order valence-corrected chi connectivity index (χ1v) is 6.10. The van der Waals surface area contributed by atoms with Crippen LogP contribution in [0.25, 0.3) is 22.3 Å². The molecular formula is C14H15N5. The zero-order valence-corrected chi connectivity index (χ0v) is 10.9. The first-order valence-electron chi connectivity index (χ1n) is 6.10. The van der Waals surface area contributed by atoms with Crippen molar-refractivity contribution >= 4 is 11.0 Å². The predicted octanol–water partition coefficient (Wildman–Crippen LogP) is 2.21. The topological polar surface area (TPSA) is 80.5 Å². The van der Waals surface area contributed by atoms with Crippen LogP contribution in [0, 0.1) is 0 Å². The van der Waals surface area contributed by atoms with Crippen molar-refractivity contribution in [3.8, 4) is 11.3 Å². The number of aromatic nitrogens is 4. The number of benzene rings is 1. The molecule has 19 heavy (non-hydrogen) atoms. The van der Waals surface area contributed by atoms with Crippen molar-refractivity contribution in [2.75, 3.05) is 0 Å². The summed E-state index contributed by atoms with van der Waals surface area (Å²) in [6.45, 7) is 3.79. The number of nitrogens with zero attached hydrogens (tertiary/aromatic N) is 3. The lowest BCUT2D eigenvalue weighted by Crippen LogP contribution is -2.31. The molecule has 5 nitrogen and oxygen atoms in total. The van der Waals surface area contributed by atoms with Crippen LogP contribution in [0.2, 0.25) is 0 Å². The molecule has 3 rings (SSSR count). The van der Waals surface area contributed by atoms with Gasteiger partial charge in [0.25, 0.3) is 0 Å². The molecule has 2 aromatic heterocycles. The fourth-order valence-corrected chi connectivity index (χ4v) is 1.92. The third kappa shape index (κ3) is 2.20. The Morgan fingerprint density at radius 3 is 2.79 bits per heavy atom. The summed E-state index contributed by atoms with van der Waals surface area (Å²) in [6, 6.07) is 7.88. The third-order valence-electron chi connectivity index (χ3n) is 2.95. The van der Waals surface area contributed by atoms with E-state index in [1.54, 1.807) is 12.5 Å². The lowest BCUT2D eigenvalue weighted by atomic mass is 10.1. The van der Waals surface area contributed by atoms with Gasteiger partial charge in [0.05, 0.1) is 28.6 Å². The minimum atomic E-state index is -0.548.